The van der Waals surface area contributed by atoms with Gasteiger partial charge in [0.15, 0.2) is 0 Å². The van der Waals surface area contributed by atoms with E-state index in [0.717, 1.165) is 0 Å². The largest absolute Gasteiger partial charge is 2.00 e. The van der Waals surface area contributed by atoms with Crippen molar-refractivity contribution in [2.24, 2.45) is 0 Å². The summed E-state index contributed by atoms with van der Waals surface area (Å²) in [6.07, 6.45) is 0. The molecule has 6 radical (unpaired) electrons. The summed E-state index contributed by atoms with van der Waals surface area (Å²) in [6, 6.07) is 0. The molecule has 0 N–H and O–H groups in total. The van der Waals surface area contributed by atoms with Gasteiger partial charge in [-0.05, 0) is 0 Å². The van der Waals surface area contributed by atoms with Gasteiger partial charge in [0.05, 0.1) is 0 Å². The van der Waals surface area contributed by atoms with Crippen LogP contribution in [-0.4, -0.2) is 43.2 Å². The maximum absolute atomic E-state index is 0. The fourth-order valence-electron chi connectivity index (χ4n) is 0. The second-order valence-corrected chi connectivity index (χ2v) is 0. The van der Waals surface area contributed by atoms with Gasteiger partial charge in [-0.2, -0.15) is 0 Å². The van der Waals surface area contributed by atoms with Crippen molar-refractivity contribution in [1.29, 1.82) is 0 Å². The van der Waals surface area contributed by atoms with Gasteiger partial charge < -0.3 is 5.48 Å². The molecule has 4 heteroatoms. The van der Waals surface area contributed by atoms with Crippen LogP contribution in [0, 0.1) is 0 Å². The van der Waals surface area contributed by atoms with E-state index in [1.807, 2.05) is 0 Å². The zero-order chi connectivity index (χ0) is 0. The van der Waals surface area contributed by atoms with Crippen molar-refractivity contribution in [3.05, 3.63) is 0 Å². The molecule has 0 aromatic rings. The monoisotopic (exact) mass is 222 g/mol. The van der Waals surface area contributed by atoms with Gasteiger partial charge in [0.1, 0.15) is 0 Å². The fraction of sp³-hybridized carbons (Fsp3) is 0. The van der Waals surface area contributed by atoms with Crippen LogP contribution in [0.25, 0.3) is 0 Å². The number of hydrogen-bond donors (Lipinski definition) is 0. The first-order valence-electron chi connectivity index (χ1n) is 0. The van der Waals surface area contributed by atoms with Gasteiger partial charge in [-0.15, -0.1) is 0 Å². The molecule has 0 aliphatic heterocycles. The molecule has 0 bridgehead atoms. The van der Waals surface area contributed by atoms with Crippen LogP contribution < -0.4 is 0 Å². The van der Waals surface area contributed by atoms with Crippen molar-refractivity contribution in [2.75, 3.05) is 0 Å². The first kappa shape index (κ1) is 37.7. The van der Waals surface area contributed by atoms with Crippen LogP contribution in [0.3, 0.4) is 0 Å². The zero-order valence-electron chi connectivity index (χ0n) is 2.27. The molecule has 0 amide bonds. The van der Waals surface area contributed by atoms with E-state index >= 15 is 0 Å². The number of rotatable bonds is 0. The third-order valence-electron chi connectivity index (χ3n) is 0. The van der Waals surface area contributed by atoms with Gasteiger partial charge in [-0.1, -0.05) is 0 Å². The van der Waals surface area contributed by atoms with Crippen LogP contribution in [0.5, 0.6) is 0 Å². The average molecular weight is 223 g/mol. The first-order chi connectivity index (χ1) is 0. The Bertz CT molecular complexity index is 8.00. The quantitative estimate of drug-likeness (QED) is 0.477. The van der Waals surface area contributed by atoms with Crippen LogP contribution in [0.4, 0.5) is 0 Å². The van der Waals surface area contributed by atoms with E-state index in [0.29, 0.717) is 0 Å². The summed E-state index contributed by atoms with van der Waals surface area (Å²) in [5, 5.41) is 0. The minimum absolute atomic E-state index is 0. The summed E-state index contributed by atoms with van der Waals surface area (Å²) in [4.78, 5) is 0. The molecular formula is AlInOZn. The van der Waals surface area contributed by atoms with Crippen LogP contribution >= 0.6 is 0 Å². The van der Waals surface area contributed by atoms with E-state index in [-0.39, 0.29) is 68.2 Å². The molecule has 4 heavy (non-hydrogen) atoms. The van der Waals surface area contributed by atoms with Crippen molar-refractivity contribution in [3.63, 3.8) is 0 Å². The van der Waals surface area contributed by atoms with E-state index in [2.05, 4.69) is 0 Å². The summed E-state index contributed by atoms with van der Waals surface area (Å²) in [7, 11) is 0. The molecule has 0 unspecified atom stereocenters. The molecule has 14 valence electrons. The van der Waals surface area contributed by atoms with Crippen LogP contribution in [0.15, 0.2) is 0 Å². The molecule has 0 aromatic carbocycles. The summed E-state index contributed by atoms with van der Waals surface area (Å²) >= 11 is 0. The Morgan fingerprint density at radius 3 is 1.00 bits per heavy atom. The Hall–Kier alpha value is 1.99. The van der Waals surface area contributed by atoms with Crippen LogP contribution in [0.2, 0.25) is 0 Å². The third kappa shape index (κ3) is 9.01. The smallest absolute Gasteiger partial charge is 2.00 e. The van der Waals surface area contributed by atoms with E-state index in [9.17, 15) is 0 Å². The maximum atomic E-state index is 0. The topological polar surface area (TPSA) is 28.5 Å². The Balaban J connectivity index is 0. The minimum atomic E-state index is 0. The van der Waals surface area contributed by atoms with E-state index < -0.39 is 0 Å². The van der Waals surface area contributed by atoms with Crippen molar-refractivity contribution >= 4 is 43.2 Å². The van der Waals surface area contributed by atoms with Gasteiger partial charge in [0.25, 0.3) is 0 Å². The minimum Gasteiger partial charge on any atom is -2.00 e. The summed E-state index contributed by atoms with van der Waals surface area (Å²) in [5.41, 5.74) is 0. The Labute approximate surface area is 67.5 Å². The number of hydrogen-bond acceptors (Lipinski definition) is 0. The summed E-state index contributed by atoms with van der Waals surface area (Å²) < 4.78 is 0. The summed E-state index contributed by atoms with van der Waals surface area (Å²) in [6.45, 7) is 0. The van der Waals surface area contributed by atoms with Crippen LogP contribution in [0.1, 0.15) is 0 Å². The molecule has 0 fully saturated rings. The molecule has 0 aliphatic rings. The van der Waals surface area contributed by atoms with Crippen LogP contribution in [-0.2, 0) is 25.0 Å². The Kier molecular flexibility index (Phi) is 189. The van der Waals surface area contributed by atoms with Gasteiger partial charge in [0.2, 0.25) is 0 Å². The second kappa shape index (κ2) is 20.1. The van der Waals surface area contributed by atoms with Crippen molar-refractivity contribution in [1.82, 2.24) is 0 Å². The molecular weight excluding hydrogens is 223 g/mol. The van der Waals surface area contributed by atoms with Gasteiger partial charge >= 0.3 is 19.5 Å². The molecule has 0 spiro atoms. The zero-order valence-corrected chi connectivity index (χ0v) is 9.69. The molecule has 0 heterocycles. The molecule has 0 saturated heterocycles. The molecule has 0 atom stereocenters. The van der Waals surface area contributed by atoms with Gasteiger partial charge in [-0.3, -0.25) is 0 Å². The van der Waals surface area contributed by atoms with E-state index in [1.165, 1.54) is 0 Å². The van der Waals surface area contributed by atoms with Crippen molar-refractivity contribution in [2.45, 2.75) is 0 Å². The normalized spacial score (nSPS) is 0. The summed E-state index contributed by atoms with van der Waals surface area (Å²) in [5.74, 6) is 0. The first-order valence-corrected chi connectivity index (χ1v) is 0. The van der Waals surface area contributed by atoms with E-state index in [1.54, 1.807) is 0 Å². The van der Waals surface area contributed by atoms with Crippen molar-refractivity contribution in [3.8, 4) is 0 Å². The predicted molar refractivity (Wildman–Crippen MR) is 12.2 cm³/mol. The van der Waals surface area contributed by atoms with Crippen molar-refractivity contribution < 1.29 is 25.0 Å². The average Bonchev–Trinajstić information content (AvgIpc) is 0. The standard InChI is InChI=1S/Al.In.O.Zn/q;;-2;+2. The Morgan fingerprint density at radius 2 is 1.00 bits per heavy atom. The maximum Gasteiger partial charge on any atom is 2.00 e. The molecule has 0 aromatic heterocycles. The SMILES string of the molecule is [Al].[In].[O-2].[Zn+2]. The van der Waals surface area contributed by atoms with Gasteiger partial charge in [-0.25, -0.2) is 0 Å². The predicted octanol–water partition coefficient (Wildman–Crippen LogP) is -0.883. The molecule has 0 saturated carbocycles. The second-order valence-electron chi connectivity index (χ2n) is 0. The van der Waals surface area contributed by atoms with Gasteiger partial charge in [0, 0.05) is 43.2 Å². The molecule has 0 aliphatic carbocycles. The fourth-order valence-corrected chi connectivity index (χ4v) is 0. The Morgan fingerprint density at radius 1 is 1.00 bits per heavy atom. The van der Waals surface area contributed by atoms with E-state index in [4.69, 9.17) is 0 Å². The third-order valence-corrected chi connectivity index (χ3v) is 0. The molecule has 0 rings (SSSR count). The molecule has 1 nitrogen and oxygen atoms in total.